The van der Waals surface area contributed by atoms with Crippen LogP contribution < -0.4 is 5.32 Å². The normalized spacial score (nSPS) is 18.6. The highest BCUT2D eigenvalue weighted by molar-refractivity contribution is 5.76. The topological polar surface area (TPSA) is 32.3 Å². The molecule has 104 valence electrons. The van der Waals surface area contributed by atoms with Crippen LogP contribution in [0.25, 0.3) is 0 Å². The third-order valence-electron chi connectivity index (χ3n) is 3.59. The maximum atomic E-state index is 13.4. The van der Waals surface area contributed by atoms with Crippen molar-refractivity contribution in [3.63, 3.8) is 0 Å². The summed E-state index contributed by atoms with van der Waals surface area (Å²) in [5.74, 6) is -0.964. The van der Waals surface area contributed by atoms with Crippen LogP contribution in [0, 0.1) is 11.6 Å². The van der Waals surface area contributed by atoms with Gasteiger partial charge in [0.05, 0.1) is 0 Å². The van der Waals surface area contributed by atoms with E-state index in [9.17, 15) is 13.6 Å². The molecule has 1 fully saturated rings. The molecular weight excluding hydrogens is 250 g/mol. The van der Waals surface area contributed by atoms with Crippen LogP contribution in [-0.4, -0.2) is 37.0 Å². The lowest BCUT2D eigenvalue weighted by molar-refractivity contribution is -0.131. The number of nitrogens with zero attached hydrogens (tertiary/aromatic N) is 1. The summed E-state index contributed by atoms with van der Waals surface area (Å²) in [6.07, 6.45) is 1.37. The molecule has 1 saturated heterocycles. The van der Waals surface area contributed by atoms with Crippen molar-refractivity contribution in [2.24, 2.45) is 0 Å². The summed E-state index contributed by atoms with van der Waals surface area (Å²) >= 11 is 0. The maximum absolute atomic E-state index is 13.4. The fourth-order valence-electron chi connectivity index (χ4n) is 2.33. The number of likely N-dealkylation sites (N-methyl/N-ethyl adjacent to an activating group) is 1. The largest absolute Gasteiger partial charge is 0.341 e. The number of hydrogen-bond donors (Lipinski definition) is 1. The van der Waals surface area contributed by atoms with Gasteiger partial charge in [0.25, 0.3) is 0 Å². The summed E-state index contributed by atoms with van der Waals surface area (Å²) < 4.78 is 26.4. The smallest absolute Gasteiger partial charge is 0.222 e. The zero-order valence-corrected chi connectivity index (χ0v) is 11.0. The first kappa shape index (κ1) is 13.9. The number of aryl methyl sites for hydroxylation is 1. The van der Waals surface area contributed by atoms with Crippen LogP contribution in [-0.2, 0) is 11.2 Å². The van der Waals surface area contributed by atoms with E-state index in [0.29, 0.717) is 0 Å². The van der Waals surface area contributed by atoms with Crippen molar-refractivity contribution in [1.29, 1.82) is 0 Å². The van der Waals surface area contributed by atoms with Gasteiger partial charge < -0.3 is 10.2 Å². The van der Waals surface area contributed by atoms with E-state index in [0.717, 1.165) is 37.7 Å². The lowest BCUT2D eigenvalue weighted by Gasteiger charge is -2.23. The average Bonchev–Trinajstić information content (AvgIpc) is 2.92. The fourth-order valence-corrected chi connectivity index (χ4v) is 2.33. The summed E-state index contributed by atoms with van der Waals surface area (Å²) in [6.45, 7) is 1.72. The third-order valence-corrected chi connectivity index (χ3v) is 3.59. The van der Waals surface area contributed by atoms with Crippen molar-refractivity contribution in [1.82, 2.24) is 10.2 Å². The molecule has 19 heavy (non-hydrogen) atoms. The molecule has 5 heteroatoms. The second kappa shape index (κ2) is 6.10. The van der Waals surface area contributed by atoms with E-state index in [1.165, 1.54) is 0 Å². The van der Waals surface area contributed by atoms with Gasteiger partial charge in [-0.3, -0.25) is 4.79 Å². The lowest BCUT2D eigenvalue weighted by Crippen LogP contribution is -2.38. The Kier molecular flexibility index (Phi) is 4.47. The molecule has 1 aliphatic heterocycles. The molecule has 1 heterocycles. The van der Waals surface area contributed by atoms with Crippen molar-refractivity contribution in [3.05, 3.63) is 35.4 Å². The predicted octanol–water partition coefficient (Wildman–Crippen LogP) is 1.72. The molecule has 0 saturated carbocycles. The summed E-state index contributed by atoms with van der Waals surface area (Å²) in [5, 5.41) is 3.20. The predicted molar refractivity (Wildman–Crippen MR) is 68.7 cm³/mol. The second-order valence-electron chi connectivity index (χ2n) is 4.89. The monoisotopic (exact) mass is 268 g/mol. The van der Waals surface area contributed by atoms with Crippen LogP contribution in [0.2, 0.25) is 0 Å². The number of amides is 1. The van der Waals surface area contributed by atoms with Gasteiger partial charge in [-0.2, -0.15) is 0 Å². The van der Waals surface area contributed by atoms with E-state index in [4.69, 9.17) is 0 Å². The van der Waals surface area contributed by atoms with Crippen LogP contribution in [0.5, 0.6) is 0 Å². The van der Waals surface area contributed by atoms with Gasteiger partial charge in [0.2, 0.25) is 5.91 Å². The lowest BCUT2D eigenvalue weighted by atomic mass is 10.1. The van der Waals surface area contributed by atoms with Crippen molar-refractivity contribution in [2.75, 3.05) is 20.1 Å². The Balaban J connectivity index is 1.90. The molecule has 0 aliphatic carbocycles. The van der Waals surface area contributed by atoms with Crippen LogP contribution >= 0.6 is 0 Å². The number of rotatable bonds is 4. The summed E-state index contributed by atoms with van der Waals surface area (Å²) in [5.41, 5.74) is 0.256. The van der Waals surface area contributed by atoms with Crippen molar-refractivity contribution in [2.45, 2.75) is 25.3 Å². The first-order valence-electron chi connectivity index (χ1n) is 6.48. The van der Waals surface area contributed by atoms with Crippen LogP contribution in [0.4, 0.5) is 8.78 Å². The molecule has 1 atom stereocenters. The van der Waals surface area contributed by atoms with Gasteiger partial charge in [0.1, 0.15) is 11.6 Å². The van der Waals surface area contributed by atoms with E-state index < -0.39 is 11.6 Å². The molecule has 1 aliphatic rings. The third kappa shape index (κ3) is 3.50. The molecule has 0 radical (unpaired) electrons. The molecule has 1 aromatic rings. The molecule has 0 aromatic heterocycles. The van der Waals surface area contributed by atoms with Gasteiger partial charge in [0.15, 0.2) is 0 Å². The minimum Gasteiger partial charge on any atom is -0.341 e. The summed E-state index contributed by atoms with van der Waals surface area (Å²) in [7, 11) is 1.77. The van der Waals surface area contributed by atoms with Crippen molar-refractivity contribution in [3.8, 4) is 0 Å². The Morgan fingerprint density at radius 2 is 2.26 bits per heavy atom. The number of nitrogens with one attached hydrogen (secondary N) is 1. The highest BCUT2D eigenvalue weighted by Crippen LogP contribution is 2.14. The molecule has 3 nitrogen and oxygen atoms in total. The quantitative estimate of drug-likeness (QED) is 0.901. The number of carbonyl (C=O) groups is 1. The molecule has 2 rings (SSSR count). The van der Waals surface area contributed by atoms with Crippen molar-refractivity contribution < 1.29 is 13.6 Å². The molecule has 0 unspecified atom stereocenters. The van der Waals surface area contributed by atoms with Gasteiger partial charge in [-0.1, -0.05) is 0 Å². The van der Waals surface area contributed by atoms with E-state index in [2.05, 4.69) is 5.32 Å². The molecule has 1 amide bonds. The Morgan fingerprint density at radius 3 is 2.95 bits per heavy atom. The average molecular weight is 268 g/mol. The Hall–Kier alpha value is -1.49. The first-order chi connectivity index (χ1) is 9.08. The second-order valence-corrected chi connectivity index (χ2v) is 4.89. The minimum absolute atomic E-state index is 0.0302. The van der Waals surface area contributed by atoms with Gasteiger partial charge in [0, 0.05) is 26.1 Å². The zero-order valence-electron chi connectivity index (χ0n) is 11.0. The van der Waals surface area contributed by atoms with Crippen LogP contribution in [0.1, 0.15) is 18.4 Å². The van der Waals surface area contributed by atoms with E-state index in [1.54, 1.807) is 11.9 Å². The molecule has 0 bridgehead atoms. The number of halogens is 2. The number of benzene rings is 1. The van der Waals surface area contributed by atoms with Gasteiger partial charge in [-0.15, -0.1) is 0 Å². The molecule has 1 aromatic carbocycles. The molecule has 1 N–H and O–H groups in total. The van der Waals surface area contributed by atoms with E-state index >= 15 is 0 Å². The highest BCUT2D eigenvalue weighted by Gasteiger charge is 2.22. The number of carbonyl (C=O) groups excluding carboxylic acids is 1. The molecular formula is C14H18F2N2O. The highest BCUT2D eigenvalue weighted by atomic mass is 19.1. The fraction of sp³-hybridized carbons (Fsp3) is 0.500. The summed E-state index contributed by atoms with van der Waals surface area (Å²) in [6, 6.07) is 3.54. The van der Waals surface area contributed by atoms with E-state index in [1.807, 2.05) is 0 Å². The Bertz CT molecular complexity index is 459. The van der Waals surface area contributed by atoms with Gasteiger partial charge in [-0.25, -0.2) is 8.78 Å². The Morgan fingerprint density at radius 1 is 1.47 bits per heavy atom. The number of hydrogen-bond acceptors (Lipinski definition) is 2. The Labute approximate surface area is 111 Å². The van der Waals surface area contributed by atoms with Crippen LogP contribution in [0.3, 0.4) is 0 Å². The van der Waals surface area contributed by atoms with Gasteiger partial charge >= 0.3 is 0 Å². The zero-order chi connectivity index (χ0) is 13.8. The van der Waals surface area contributed by atoms with Gasteiger partial charge in [-0.05, 0) is 43.1 Å². The minimum atomic E-state index is -0.475. The van der Waals surface area contributed by atoms with Crippen molar-refractivity contribution >= 4 is 5.91 Å². The molecule has 0 spiro atoms. The van der Waals surface area contributed by atoms with Crippen LogP contribution in [0.15, 0.2) is 18.2 Å². The first-order valence-corrected chi connectivity index (χ1v) is 6.48. The summed E-state index contributed by atoms with van der Waals surface area (Å²) in [4.78, 5) is 13.7. The standard InChI is InChI=1S/C14H18F2N2O/c1-18(12-6-7-17-9-12)14(19)5-2-10-8-11(15)3-4-13(10)16/h3-4,8,12,17H,2,5-7,9H2,1H3/t12-/m0/s1. The van der Waals surface area contributed by atoms with E-state index in [-0.39, 0.29) is 30.4 Å². The SMILES string of the molecule is CN(C(=O)CCc1cc(F)ccc1F)[C@H]1CCNC1. The maximum Gasteiger partial charge on any atom is 0.222 e.